The van der Waals surface area contributed by atoms with Gasteiger partial charge in [0.2, 0.25) is 11.8 Å². The molecule has 12 heteroatoms. The van der Waals surface area contributed by atoms with Crippen molar-refractivity contribution in [2.75, 3.05) is 30.8 Å². The van der Waals surface area contributed by atoms with Gasteiger partial charge in [-0.15, -0.1) is 0 Å². The van der Waals surface area contributed by atoms with Crippen molar-refractivity contribution in [3.05, 3.63) is 59.4 Å². The molecule has 4 aromatic rings. The van der Waals surface area contributed by atoms with Gasteiger partial charge in [-0.1, -0.05) is 10.3 Å². The van der Waals surface area contributed by atoms with Crippen LogP contribution in [0.4, 0.5) is 22.3 Å². The Labute approximate surface area is 194 Å². The smallest absolute Gasteiger partial charge is 0.321 e. The number of carbonyl (C=O) groups excluding carboxylic acids is 1. The largest absolute Gasteiger partial charge is 0.338 e. The van der Waals surface area contributed by atoms with Crippen LogP contribution in [0.3, 0.4) is 0 Å². The molecule has 0 saturated carbocycles. The Kier molecular flexibility index (Phi) is 5.64. The number of hydrogen-bond acceptors (Lipinski definition) is 9. The van der Waals surface area contributed by atoms with E-state index in [0.717, 1.165) is 33.9 Å². The molecule has 0 bridgehead atoms. The number of aromatic nitrogens is 4. The van der Waals surface area contributed by atoms with Crippen LogP contribution in [-0.4, -0.2) is 50.9 Å². The third-order valence-corrected chi connectivity index (χ3v) is 5.31. The third kappa shape index (κ3) is 4.57. The monoisotopic (exact) mass is 463 g/mol. The number of pyridine rings is 1. The Morgan fingerprint density at radius 3 is 2.59 bits per heavy atom. The first-order valence-corrected chi connectivity index (χ1v) is 10.8. The number of nitrogens with zero attached hydrogens (tertiary/aromatic N) is 5. The Bertz CT molecular complexity index is 1370. The Morgan fingerprint density at radius 1 is 1.15 bits per heavy atom. The van der Waals surface area contributed by atoms with E-state index >= 15 is 0 Å². The van der Waals surface area contributed by atoms with Crippen LogP contribution < -0.4 is 21.4 Å². The number of urea groups is 1. The van der Waals surface area contributed by atoms with Gasteiger partial charge in [-0.2, -0.15) is 0 Å². The van der Waals surface area contributed by atoms with E-state index in [0.29, 0.717) is 37.0 Å². The Balaban J connectivity index is 1.37. The highest BCUT2D eigenvalue weighted by Gasteiger charge is 2.18. The van der Waals surface area contributed by atoms with E-state index in [1.807, 2.05) is 54.1 Å². The summed E-state index contributed by atoms with van der Waals surface area (Å²) in [5.41, 5.74) is 9.37. The van der Waals surface area contributed by atoms with Gasteiger partial charge in [0.25, 0.3) is 0 Å². The Morgan fingerprint density at radius 2 is 1.91 bits per heavy atom. The van der Waals surface area contributed by atoms with Crippen LogP contribution in [0.25, 0.3) is 11.2 Å². The highest BCUT2D eigenvalue weighted by atomic mass is 16.5. The predicted molar refractivity (Wildman–Crippen MR) is 125 cm³/mol. The zero-order valence-corrected chi connectivity index (χ0v) is 19.0. The number of amides is 2. The van der Waals surface area contributed by atoms with Crippen LogP contribution in [0, 0.1) is 13.8 Å². The lowest BCUT2D eigenvalue weighted by atomic mass is 10.1. The average molecular weight is 464 g/mol. The van der Waals surface area contributed by atoms with Crippen LogP contribution in [-0.2, 0) is 6.42 Å². The quantitative estimate of drug-likeness (QED) is 0.326. The number of nitrogens with one attached hydrogen (secondary N) is 4. The number of aryl methyl sites for hydroxylation is 2. The molecule has 0 spiro atoms. The topological polar surface area (TPSA) is 138 Å². The molecule has 0 unspecified atom stereocenters. The number of hydrazine groups is 1. The van der Waals surface area contributed by atoms with Crippen LogP contribution in [0.5, 0.6) is 0 Å². The average Bonchev–Trinajstić information content (AvgIpc) is 3.57. The van der Waals surface area contributed by atoms with Gasteiger partial charge in [0.05, 0.1) is 29.0 Å². The minimum atomic E-state index is -0.360. The van der Waals surface area contributed by atoms with Gasteiger partial charge in [0.15, 0.2) is 5.65 Å². The van der Waals surface area contributed by atoms with Crippen molar-refractivity contribution in [1.29, 1.82) is 0 Å². The van der Waals surface area contributed by atoms with Crippen molar-refractivity contribution in [2.45, 2.75) is 20.3 Å². The maximum absolute atomic E-state index is 12.2. The normalized spacial score (nSPS) is 13.4. The first-order valence-electron chi connectivity index (χ1n) is 10.8. The molecule has 4 aromatic heterocycles. The first-order chi connectivity index (χ1) is 16.4. The molecular weight excluding hydrogens is 438 g/mol. The van der Waals surface area contributed by atoms with E-state index in [9.17, 15) is 4.79 Å². The number of anilines is 3. The molecule has 4 N–H and O–H groups in total. The van der Waals surface area contributed by atoms with E-state index in [1.54, 1.807) is 13.0 Å². The van der Waals surface area contributed by atoms with Crippen LogP contribution in [0.15, 0.2) is 45.8 Å². The van der Waals surface area contributed by atoms with Crippen molar-refractivity contribution >= 4 is 34.7 Å². The number of imidazole rings is 1. The molecule has 1 aliphatic rings. The molecule has 0 atom stereocenters. The van der Waals surface area contributed by atoms with Gasteiger partial charge in [-0.25, -0.2) is 15.2 Å². The number of hydrogen-bond donors (Lipinski definition) is 4. The highest BCUT2D eigenvalue weighted by Crippen LogP contribution is 2.27. The van der Waals surface area contributed by atoms with Gasteiger partial charge in [0, 0.05) is 50.2 Å². The third-order valence-electron chi connectivity index (χ3n) is 5.31. The van der Waals surface area contributed by atoms with E-state index in [-0.39, 0.29) is 6.03 Å². The number of rotatable bonds is 7. The second-order valence-corrected chi connectivity index (χ2v) is 8.12. The maximum atomic E-state index is 12.2. The second kappa shape index (κ2) is 8.90. The van der Waals surface area contributed by atoms with Gasteiger partial charge in [-0.3, -0.25) is 9.72 Å². The van der Waals surface area contributed by atoms with E-state index in [1.165, 1.54) is 0 Å². The lowest BCUT2D eigenvalue weighted by Gasteiger charge is -2.11. The molecule has 0 fully saturated rings. The van der Waals surface area contributed by atoms with Crippen LogP contribution in [0.2, 0.25) is 0 Å². The summed E-state index contributed by atoms with van der Waals surface area (Å²) in [5.74, 6) is 0.833. The molecule has 12 nitrogen and oxygen atoms in total. The summed E-state index contributed by atoms with van der Waals surface area (Å²) >= 11 is 0. The molecular formula is C22H25N9O3. The second-order valence-electron chi connectivity index (χ2n) is 8.12. The van der Waals surface area contributed by atoms with Crippen molar-refractivity contribution in [1.82, 2.24) is 35.4 Å². The fourth-order valence-corrected chi connectivity index (χ4v) is 3.76. The molecule has 0 radical (unpaired) electrons. The van der Waals surface area contributed by atoms with Crippen molar-refractivity contribution in [3.8, 4) is 0 Å². The zero-order valence-electron chi connectivity index (χ0n) is 19.0. The number of fused-ring (bicyclic) bond motifs is 1. The summed E-state index contributed by atoms with van der Waals surface area (Å²) < 4.78 is 12.4. The SMILES string of the molecule is Cc1cc(NC(=O)NCCc2cc(Nc3cc(C)no3)c3ncc(C4=CN(C)NC4)n3c2)on1. The summed E-state index contributed by atoms with van der Waals surface area (Å²) in [6, 6.07) is 5.11. The predicted octanol–water partition coefficient (Wildman–Crippen LogP) is 2.83. The van der Waals surface area contributed by atoms with Crippen molar-refractivity contribution in [3.63, 3.8) is 0 Å². The lowest BCUT2D eigenvalue weighted by molar-refractivity contribution is 0.251. The van der Waals surface area contributed by atoms with Gasteiger partial charge < -0.3 is 24.7 Å². The van der Waals surface area contributed by atoms with Crippen LogP contribution >= 0.6 is 0 Å². The summed E-state index contributed by atoms with van der Waals surface area (Å²) in [6.07, 6.45) is 6.53. The molecule has 176 valence electrons. The lowest BCUT2D eigenvalue weighted by Crippen LogP contribution is -2.30. The van der Waals surface area contributed by atoms with Crippen molar-refractivity contribution < 1.29 is 13.8 Å². The van der Waals surface area contributed by atoms with Gasteiger partial charge >= 0.3 is 6.03 Å². The maximum Gasteiger partial charge on any atom is 0.321 e. The van der Waals surface area contributed by atoms with Gasteiger partial charge in [-0.05, 0) is 31.9 Å². The first kappa shape index (κ1) is 21.5. The zero-order chi connectivity index (χ0) is 23.7. The number of carbonyl (C=O) groups is 1. The van der Waals surface area contributed by atoms with E-state index in [4.69, 9.17) is 9.05 Å². The summed E-state index contributed by atoms with van der Waals surface area (Å²) in [6.45, 7) is 4.78. The molecule has 0 aromatic carbocycles. The summed E-state index contributed by atoms with van der Waals surface area (Å²) in [4.78, 5) is 16.8. The molecule has 0 aliphatic carbocycles. The van der Waals surface area contributed by atoms with E-state index in [2.05, 4.69) is 36.7 Å². The fourth-order valence-electron chi connectivity index (χ4n) is 3.76. The van der Waals surface area contributed by atoms with Gasteiger partial charge in [0.1, 0.15) is 0 Å². The molecule has 2 amide bonds. The Hall–Kier alpha value is -4.32. The molecule has 1 aliphatic heterocycles. The van der Waals surface area contributed by atoms with Crippen LogP contribution in [0.1, 0.15) is 22.6 Å². The molecule has 5 rings (SSSR count). The molecule has 34 heavy (non-hydrogen) atoms. The molecule has 0 saturated heterocycles. The minimum Gasteiger partial charge on any atom is -0.338 e. The molecule has 5 heterocycles. The summed E-state index contributed by atoms with van der Waals surface area (Å²) in [7, 11) is 1.96. The van der Waals surface area contributed by atoms with E-state index < -0.39 is 0 Å². The highest BCUT2D eigenvalue weighted by molar-refractivity contribution is 5.87. The minimum absolute atomic E-state index is 0.303. The van der Waals surface area contributed by atoms with Crippen molar-refractivity contribution in [2.24, 2.45) is 0 Å². The fraction of sp³-hybridized carbons (Fsp3) is 0.273. The summed E-state index contributed by atoms with van der Waals surface area (Å²) in [5, 5.41) is 18.4. The standard InChI is InChI=1S/C22H25N9O3/c1-13-6-19(33-28-13)26-17-8-15(4-5-23-22(32)27-20-7-14(2)29-34-20)11-31-18(10-24-21(17)31)16-9-25-30(3)12-16/h6-8,10-12,25-26H,4-5,9H2,1-3H3,(H2,23,27,32).